The van der Waals surface area contributed by atoms with Gasteiger partial charge in [-0.25, -0.2) is 4.68 Å². The van der Waals surface area contributed by atoms with Crippen molar-refractivity contribution in [1.82, 2.24) is 25.1 Å². The lowest BCUT2D eigenvalue weighted by atomic mass is 10.2. The van der Waals surface area contributed by atoms with Crippen LogP contribution in [0.1, 0.15) is 56.6 Å². The lowest BCUT2D eigenvalue weighted by molar-refractivity contribution is 0.168. The van der Waals surface area contributed by atoms with Gasteiger partial charge in [0.1, 0.15) is 12.2 Å². The first-order valence-corrected chi connectivity index (χ1v) is 6.62. The molecule has 1 N–H and O–H groups in total. The van der Waals surface area contributed by atoms with Gasteiger partial charge in [0, 0.05) is 6.42 Å². The molecule has 0 aliphatic carbocycles. The molecule has 1 atom stereocenters. The van der Waals surface area contributed by atoms with Crippen LogP contribution in [0, 0.1) is 0 Å². The molecular weight excluding hydrogens is 246 g/mol. The summed E-state index contributed by atoms with van der Waals surface area (Å²) < 4.78 is 6.74. The van der Waals surface area contributed by atoms with Crippen molar-refractivity contribution in [3.63, 3.8) is 0 Å². The number of unbranched alkanes of at least 4 members (excludes halogenated alkanes) is 1. The van der Waals surface area contributed by atoms with Crippen molar-refractivity contribution in [3.8, 4) is 0 Å². The molecule has 1 unspecified atom stereocenters. The SMILES string of the molecule is CCCCc1noc(Cn2cc(C(O)CC)nn2)n1. The summed E-state index contributed by atoms with van der Waals surface area (Å²) >= 11 is 0. The maximum atomic E-state index is 9.64. The van der Waals surface area contributed by atoms with E-state index in [1.165, 1.54) is 0 Å². The van der Waals surface area contributed by atoms with Gasteiger partial charge in [0.25, 0.3) is 0 Å². The Kier molecular flexibility index (Phi) is 4.62. The molecule has 0 spiro atoms. The number of aliphatic hydroxyl groups excluding tert-OH is 1. The third-order valence-electron chi connectivity index (χ3n) is 2.85. The quantitative estimate of drug-likeness (QED) is 0.815. The maximum Gasteiger partial charge on any atom is 0.248 e. The highest BCUT2D eigenvalue weighted by Crippen LogP contribution is 2.12. The first-order chi connectivity index (χ1) is 9.22. The van der Waals surface area contributed by atoms with Crippen molar-refractivity contribution in [3.05, 3.63) is 23.6 Å². The molecule has 19 heavy (non-hydrogen) atoms. The third-order valence-corrected chi connectivity index (χ3v) is 2.85. The molecule has 7 heteroatoms. The molecule has 0 aromatic carbocycles. The summed E-state index contributed by atoms with van der Waals surface area (Å²) in [5.41, 5.74) is 0.563. The molecular formula is C12H19N5O2. The van der Waals surface area contributed by atoms with Crippen LogP contribution in [0.4, 0.5) is 0 Å². The summed E-state index contributed by atoms with van der Waals surface area (Å²) in [7, 11) is 0. The van der Waals surface area contributed by atoms with Crippen molar-refractivity contribution in [1.29, 1.82) is 0 Å². The molecule has 7 nitrogen and oxygen atoms in total. The Morgan fingerprint density at radius 3 is 3.00 bits per heavy atom. The molecule has 0 amide bonds. The lowest BCUT2D eigenvalue weighted by Crippen LogP contribution is -2.01. The van der Waals surface area contributed by atoms with Gasteiger partial charge in [-0.2, -0.15) is 4.98 Å². The number of rotatable bonds is 7. The van der Waals surface area contributed by atoms with E-state index in [0.717, 1.165) is 25.1 Å². The zero-order valence-corrected chi connectivity index (χ0v) is 11.3. The molecule has 2 aromatic rings. The molecule has 2 rings (SSSR count). The van der Waals surface area contributed by atoms with E-state index in [-0.39, 0.29) is 0 Å². The van der Waals surface area contributed by atoms with Crippen LogP contribution in [0.5, 0.6) is 0 Å². The Morgan fingerprint density at radius 1 is 1.42 bits per heavy atom. The van der Waals surface area contributed by atoms with Crippen molar-refractivity contribution < 1.29 is 9.63 Å². The van der Waals surface area contributed by atoms with Gasteiger partial charge in [0.05, 0.1) is 12.3 Å². The molecule has 0 aliphatic rings. The van der Waals surface area contributed by atoms with Crippen molar-refractivity contribution in [2.75, 3.05) is 0 Å². The smallest absolute Gasteiger partial charge is 0.248 e. The standard InChI is InChI=1S/C12H19N5O2/c1-3-5-6-11-13-12(19-15-11)8-17-7-9(14-16-17)10(18)4-2/h7,10,18H,3-6,8H2,1-2H3. The second-order valence-electron chi connectivity index (χ2n) is 4.47. The van der Waals surface area contributed by atoms with E-state index in [0.29, 0.717) is 24.6 Å². The van der Waals surface area contributed by atoms with E-state index < -0.39 is 6.10 Å². The predicted molar refractivity (Wildman–Crippen MR) is 67.3 cm³/mol. The van der Waals surface area contributed by atoms with Crippen LogP contribution in [0.2, 0.25) is 0 Å². The number of aromatic nitrogens is 5. The van der Waals surface area contributed by atoms with Crippen LogP contribution in [-0.2, 0) is 13.0 Å². The van der Waals surface area contributed by atoms with E-state index in [4.69, 9.17) is 4.52 Å². The molecule has 2 aromatic heterocycles. The zero-order chi connectivity index (χ0) is 13.7. The van der Waals surface area contributed by atoms with Gasteiger partial charge < -0.3 is 9.63 Å². The molecule has 0 aliphatic heterocycles. The highest BCUT2D eigenvalue weighted by Gasteiger charge is 2.12. The average Bonchev–Trinajstić information content (AvgIpc) is 3.05. The molecule has 104 valence electrons. The fourth-order valence-corrected chi connectivity index (χ4v) is 1.68. The van der Waals surface area contributed by atoms with E-state index in [1.54, 1.807) is 10.9 Å². The maximum absolute atomic E-state index is 9.64. The zero-order valence-electron chi connectivity index (χ0n) is 11.3. The van der Waals surface area contributed by atoms with Crippen molar-refractivity contribution in [2.45, 2.75) is 52.2 Å². The van der Waals surface area contributed by atoms with Crippen molar-refractivity contribution in [2.24, 2.45) is 0 Å². The highest BCUT2D eigenvalue weighted by molar-refractivity contribution is 4.98. The number of hydrogen-bond donors (Lipinski definition) is 1. The summed E-state index contributed by atoms with van der Waals surface area (Å²) in [5, 5.41) is 21.4. The van der Waals surface area contributed by atoms with E-state index in [2.05, 4.69) is 27.4 Å². The van der Waals surface area contributed by atoms with Gasteiger partial charge in [0.15, 0.2) is 5.82 Å². The first-order valence-electron chi connectivity index (χ1n) is 6.62. The molecule has 0 fully saturated rings. The Bertz CT molecular complexity index is 508. The van der Waals surface area contributed by atoms with Crippen LogP contribution in [0.15, 0.2) is 10.7 Å². The Morgan fingerprint density at radius 2 is 2.26 bits per heavy atom. The normalized spacial score (nSPS) is 12.8. The lowest BCUT2D eigenvalue weighted by Gasteiger charge is -2.00. The Balaban J connectivity index is 1.96. The predicted octanol–water partition coefficient (Wildman–Crippen LogP) is 1.50. The third kappa shape index (κ3) is 3.60. The van der Waals surface area contributed by atoms with Gasteiger partial charge in [-0.15, -0.1) is 5.10 Å². The topological polar surface area (TPSA) is 89.9 Å². The van der Waals surface area contributed by atoms with Crippen LogP contribution in [-0.4, -0.2) is 30.2 Å². The minimum absolute atomic E-state index is 0.378. The largest absolute Gasteiger partial charge is 0.387 e. The summed E-state index contributed by atoms with van der Waals surface area (Å²) in [4.78, 5) is 4.29. The van der Waals surface area contributed by atoms with Crippen molar-refractivity contribution >= 4 is 0 Å². The molecule has 2 heterocycles. The number of nitrogens with zero attached hydrogens (tertiary/aromatic N) is 5. The fourth-order valence-electron chi connectivity index (χ4n) is 1.68. The summed E-state index contributed by atoms with van der Waals surface area (Å²) in [6.45, 7) is 4.39. The summed E-state index contributed by atoms with van der Waals surface area (Å²) in [6.07, 6.45) is 4.72. The number of hydrogen-bond acceptors (Lipinski definition) is 6. The average molecular weight is 265 g/mol. The van der Waals surface area contributed by atoms with Gasteiger partial charge in [-0.1, -0.05) is 30.6 Å². The number of aryl methyl sites for hydroxylation is 1. The summed E-state index contributed by atoms with van der Waals surface area (Å²) in [5.74, 6) is 1.24. The van der Waals surface area contributed by atoms with Crippen LogP contribution in [0.25, 0.3) is 0 Å². The van der Waals surface area contributed by atoms with Crippen LogP contribution >= 0.6 is 0 Å². The second-order valence-corrected chi connectivity index (χ2v) is 4.47. The first kappa shape index (κ1) is 13.7. The van der Waals surface area contributed by atoms with E-state index in [1.807, 2.05) is 6.92 Å². The van der Waals surface area contributed by atoms with E-state index in [9.17, 15) is 5.11 Å². The van der Waals surface area contributed by atoms with Gasteiger partial charge in [0.2, 0.25) is 5.89 Å². The monoisotopic (exact) mass is 265 g/mol. The van der Waals surface area contributed by atoms with Crippen LogP contribution < -0.4 is 0 Å². The Hall–Kier alpha value is -1.76. The fraction of sp³-hybridized carbons (Fsp3) is 0.667. The molecule has 0 saturated heterocycles. The van der Waals surface area contributed by atoms with E-state index >= 15 is 0 Å². The van der Waals surface area contributed by atoms with Gasteiger partial charge in [-0.3, -0.25) is 0 Å². The molecule has 0 saturated carbocycles. The minimum Gasteiger partial charge on any atom is -0.387 e. The molecule has 0 radical (unpaired) electrons. The number of aliphatic hydroxyl groups is 1. The van der Waals surface area contributed by atoms with Gasteiger partial charge in [-0.05, 0) is 12.8 Å². The van der Waals surface area contributed by atoms with Crippen LogP contribution in [0.3, 0.4) is 0 Å². The minimum atomic E-state index is -0.573. The Labute approximate surface area is 111 Å². The summed E-state index contributed by atoms with van der Waals surface area (Å²) in [6, 6.07) is 0. The second kappa shape index (κ2) is 6.42. The highest BCUT2D eigenvalue weighted by atomic mass is 16.5. The van der Waals surface area contributed by atoms with Gasteiger partial charge >= 0.3 is 0 Å². The molecule has 0 bridgehead atoms.